The highest BCUT2D eigenvalue weighted by Gasteiger charge is 2.39. The van der Waals surface area contributed by atoms with Gasteiger partial charge in [-0.2, -0.15) is 8.42 Å². The van der Waals surface area contributed by atoms with Crippen molar-refractivity contribution in [2.24, 2.45) is 0 Å². The first-order valence-corrected chi connectivity index (χ1v) is 14.2. The van der Waals surface area contributed by atoms with E-state index in [0.717, 1.165) is 0 Å². The van der Waals surface area contributed by atoms with Crippen LogP contribution in [0.15, 0.2) is 6.07 Å². The fraction of sp³-hybridized carbons (Fsp3) is 0.692. The summed E-state index contributed by atoms with van der Waals surface area (Å²) in [7, 11) is -3.48. The van der Waals surface area contributed by atoms with E-state index in [2.05, 4.69) is 0 Å². The maximum Gasteiger partial charge on any atom is 0.422 e. The van der Waals surface area contributed by atoms with Gasteiger partial charge in [-0.25, -0.2) is 18.2 Å². The topological polar surface area (TPSA) is 139 Å². The average Bonchev–Trinajstić information content (AvgIpc) is 2.75. The minimum atomic E-state index is -4.97. The number of carbonyl (C=O) groups is 2. The molecular weight excluding hydrogens is 551 g/mol. The molecule has 0 unspecified atom stereocenters. The van der Waals surface area contributed by atoms with Gasteiger partial charge in [-0.3, -0.25) is 4.79 Å². The van der Waals surface area contributed by atoms with Gasteiger partial charge in [0, 0.05) is 12.7 Å². The van der Waals surface area contributed by atoms with Crippen molar-refractivity contribution in [3.05, 3.63) is 17.4 Å². The number of methoxy groups -OCH3 is 1. The normalized spacial score (nSPS) is 14.9. The van der Waals surface area contributed by atoms with E-state index in [4.69, 9.17) is 28.4 Å². The van der Waals surface area contributed by atoms with Gasteiger partial charge in [-0.1, -0.05) is 0 Å². The van der Waals surface area contributed by atoms with Crippen molar-refractivity contribution in [1.82, 2.24) is 4.72 Å². The van der Waals surface area contributed by atoms with Gasteiger partial charge >= 0.3 is 22.3 Å². The van der Waals surface area contributed by atoms with Crippen LogP contribution >= 0.6 is 0 Å². The molecule has 0 spiro atoms. The largest absolute Gasteiger partial charge is 0.484 e. The molecule has 0 radical (unpaired) electrons. The van der Waals surface area contributed by atoms with Crippen LogP contribution in [0.5, 0.6) is 11.5 Å². The summed E-state index contributed by atoms with van der Waals surface area (Å²) in [5.41, 5.74) is -3.02. The second-order valence-corrected chi connectivity index (χ2v) is 13.3. The molecule has 14 heteroatoms. The number of rotatable bonds is 11. The Morgan fingerprint density at radius 1 is 1.10 bits per heavy atom. The molecule has 1 aromatic carbocycles. The molecule has 12 nitrogen and oxygen atoms in total. The fourth-order valence-electron chi connectivity index (χ4n) is 3.59. The number of anilines is 1. The van der Waals surface area contributed by atoms with Crippen LogP contribution in [-0.2, 0) is 40.4 Å². The molecule has 0 aromatic heterocycles. The predicted molar refractivity (Wildman–Crippen MR) is 144 cm³/mol. The summed E-state index contributed by atoms with van der Waals surface area (Å²) in [5, 5.41) is 0. The van der Waals surface area contributed by atoms with E-state index >= 15 is 4.39 Å². The molecule has 228 valence electrons. The summed E-state index contributed by atoms with van der Waals surface area (Å²) in [4.78, 5) is 25.3. The molecule has 0 saturated carbocycles. The lowest BCUT2D eigenvalue weighted by Crippen LogP contribution is -2.48. The fourth-order valence-corrected chi connectivity index (χ4v) is 4.64. The van der Waals surface area contributed by atoms with Crippen LogP contribution < -0.4 is 18.5 Å². The summed E-state index contributed by atoms with van der Waals surface area (Å²) in [5.74, 6) is -2.56. The number of nitrogens with one attached hydrogen (secondary N) is 1. The Bertz CT molecular complexity index is 1170. The Morgan fingerprint density at radius 2 is 1.73 bits per heavy atom. The Morgan fingerprint density at radius 3 is 2.30 bits per heavy atom. The smallest absolute Gasteiger partial charge is 0.422 e. The van der Waals surface area contributed by atoms with E-state index in [9.17, 15) is 18.0 Å². The van der Waals surface area contributed by atoms with Crippen molar-refractivity contribution in [2.75, 3.05) is 38.0 Å². The molecule has 0 bridgehead atoms. The lowest BCUT2D eigenvalue weighted by molar-refractivity contribution is -0.152. The molecule has 0 atom stereocenters. The molecule has 0 saturated heterocycles. The van der Waals surface area contributed by atoms with Crippen LogP contribution in [0.1, 0.15) is 67.4 Å². The van der Waals surface area contributed by atoms with Crippen LogP contribution in [0.3, 0.4) is 0 Å². The molecular formula is C26H41FN2O10S. The molecule has 0 fully saturated rings. The number of carbonyl (C=O) groups excluding carboxylic acids is 2. The first-order chi connectivity index (χ1) is 18.2. The number of hydrogen-bond acceptors (Lipinski definition) is 10. The summed E-state index contributed by atoms with van der Waals surface area (Å²) in [6, 6.07) is 1.42. The van der Waals surface area contributed by atoms with Crippen molar-refractivity contribution >= 4 is 28.0 Å². The number of hydrogen-bond donors (Lipinski definition) is 1. The maximum absolute atomic E-state index is 16.3. The Hall–Kier alpha value is -2.84. The number of esters is 1. The van der Waals surface area contributed by atoms with E-state index in [0.29, 0.717) is 22.7 Å². The van der Waals surface area contributed by atoms with Gasteiger partial charge in [0.2, 0.25) is 0 Å². The van der Waals surface area contributed by atoms with Crippen LogP contribution in [-0.4, -0.2) is 70.9 Å². The Kier molecular flexibility index (Phi) is 10.7. The van der Waals surface area contributed by atoms with Crippen molar-refractivity contribution in [1.29, 1.82) is 0 Å². The second-order valence-electron chi connectivity index (χ2n) is 11.8. The molecule has 2 rings (SSSR count). The van der Waals surface area contributed by atoms with Crippen LogP contribution in [0, 0.1) is 5.82 Å². The average molecular weight is 593 g/mol. The summed E-state index contributed by atoms with van der Waals surface area (Å²) in [6.45, 7) is 11.9. The van der Waals surface area contributed by atoms with Gasteiger partial charge in [0.1, 0.15) is 29.0 Å². The van der Waals surface area contributed by atoms with Crippen molar-refractivity contribution in [2.45, 2.75) is 85.0 Å². The zero-order valence-corrected chi connectivity index (χ0v) is 25.5. The van der Waals surface area contributed by atoms with E-state index in [-0.39, 0.29) is 31.5 Å². The zero-order chi connectivity index (χ0) is 30.5. The number of aryl methyl sites for hydroxylation is 1. The lowest BCUT2D eigenvalue weighted by Gasteiger charge is -2.35. The quantitative estimate of drug-likeness (QED) is 0.229. The minimum absolute atomic E-state index is 0.149. The number of ether oxygens (including phenoxy) is 6. The van der Waals surface area contributed by atoms with E-state index in [1.807, 2.05) is 0 Å². The third kappa shape index (κ3) is 9.97. The summed E-state index contributed by atoms with van der Waals surface area (Å²) < 4.78 is 77.6. The molecule has 1 heterocycles. The van der Waals surface area contributed by atoms with Crippen molar-refractivity contribution in [3.63, 3.8) is 0 Å². The van der Waals surface area contributed by atoms with Gasteiger partial charge in [-0.05, 0) is 74.3 Å². The predicted octanol–water partition coefficient (Wildman–Crippen LogP) is 3.85. The number of halogens is 1. The molecule has 1 N–H and O–H groups in total. The monoisotopic (exact) mass is 592 g/mol. The van der Waals surface area contributed by atoms with E-state index < -0.39 is 57.1 Å². The molecule has 0 aliphatic carbocycles. The first-order valence-electron chi connectivity index (χ1n) is 12.7. The third-order valence-corrected chi connectivity index (χ3v) is 6.50. The van der Waals surface area contributed by atoms with Gasteiger partial charge < -0.3 is 28.4 Å². The molecule has 1 aliphatic rings. The molecule has 40 heavy (non-hydrogen) atoms. The van der Waals surface area contributed by atoms with Crippen molar-refractivity contribution < 1.29 is 50.8 Å². The molecule has 1 aromatic rings. The third-order valence-electron chi connectivity index (χ3n) is 5.19. The number of fused-ring (bicyclic) bond motifs is 1. The number of nitrogens with zero attached hydrogens (tertiary/aromatic N) is 1. The summed E-state index contributed by atoms with van der Waals surface area (Å²) in [6.07, 6.45) is -0.360. The van der Waals surface area contributed by atoms with Gasteiger partial charge in [0.25, 0.3) is 0 Å². The van der Waals surface area contributed by atoms with Crippen LogP contribution in [0.4, 0.5) is 14.9 Å². The highest BCUT2D eigenvalue weighted by Crippen LogP contribution is 2.45. The standard InChI is InChI=1S/C26H41FN2O10S/c1-24(2,3)37-19(30)15-29(40(32,33)28-23(31)39-25(4,5)6)21-18(36-16-35-13-12-34-9)14-17-10-11-26(7,8)38-22(17)20(21)27/h14H,10-13,15-16H2,1-9H3,(H,28,31). The first kappa shape index (κ1) is 33.4. The minimum Gasteiger partial charge on any atom is -0.484 e. The molecule has 1 aliphatic heterocycles. The summed E-state index contributed by atoms with van der Waals surface area (Å²) >= 11 is 0. The Labute approximate surface area is 235 Å². The SMILES string of the molecule is COCCOCOc1cc2c(c(F)c1N(CC(=O)OC(C)(C)C)S(=O)(=O)NC(=O)OC(C)(C)C)OC(C)(C)CC2. The van der Waals surface area contributed by atoms with E-state index in [1.54, 1.807) is 39.3 Å². The van der Waals surface area contributed by atoms with E-state index in [1.165, 1.54) is 33.9 Å². The van der Waals surface area contributed by atoms with Crippen LogP contribution in [0.2, 0.25) is 0 Å². The van der Waals surface area contributed by atoms with Crippen molar-refractivity contribution in [3.8, 4) is 11.5 Å². The lowest BCUT2D eigenvalue weighted by atomic mass is 9.93. The van der Waals surface area contributed by atoms with Gasteiger partial charge in [0.15, 0.2) is 24.1 Å². The maximum atomic E-state index is 16.3. The van der Waals surface area contributed by atoms with Gasteiger partial charge in [0.05, 0.1) is 13.2 Å². The molecule has 1 amide bonds. The second kappa shape index (κ2) is 12.8. The Balaban J connectivity index is 2.66. The van der Waals surface area contributed by atoms with Crippen LogP contribution in [0.25, 0.3) is 0 Å². The highest BCUT2D eigenvalue weighted by molar-refractivity contribution is 7.91. The van der Waals surface area contributed by atoms with Gasteiger partial charge in [-0.15, -0.1) is 0 Å². The number of benzene rings is 1. The zero-order valence-electron chi connectivity index (χ0n) is 24.6. The number of amides is 1. The highest BCUT2D eigenvalue weighted by atomic mass is 32.2.